The molecule has 1 unspecified atom stereocenters. The van der Waals surface area contributed by atoms with Crippen molar-refractivity contribution in [3.05, 3.63) is 76.8 Å². The third kappa shape index (κ3) is 6.28. The van der Waals surface area contributed by atoms with Crippen LogP contribution in [0.1, 0.15) is 5.56 Å². The predicted molar refractivity (Wildman–Crippen MR) is 121 cm³/mol. The molecule has 3 aromatic carbocycles. The maximum Gasteiger partial charge on any atom is 0.341 e. The van der Waals surface area contributed by atoms with Gasteiger partial charge in [-0.3, -0.25) is 0 Å². The summed E-state index contributed by atoms with van der Waals surface area (Å²) in [4.78, 5) is 11.3. The first kappa shape index (κ1) is 24.6. The van der Waals surface area contributed by atoms with Crippen molar-refractivity contribution in [1.82, 2.24) is 4.31 Å². The maximum absolute atomic E-state index is 14.1. The average molecular weight is 496 g/mol. The van der Waals surface area contributed by atoms with Crippen molar-refractivity contribution in [2.45, 2.75) is 11.4 Å². The molecule has 1 atom stereocenters. The van der Waals surface area contributed by atoms with E-state index in [4.69, 9.17) is 26.2 Å². The number of nitrogens with zero attached hydrogens (tertiary/aromatic N) is 1. The second-order valence-corrected chi connectivity index (χ2v) is 9.00. The van der Waals surface area contributed by atoms with E-state index in [-0.39, 0.29) is 23.1 Å². The number of hydrogen-bond donors (Lipinski definition) is 1. The summed E-state index contributed by atoms with van der Waals surface area (Å²) < 4.78 is 52.4. The molecule has 33 heavy (non-hydrogen) atoms. The van der Waals surface area contributed by atoms with Crippen molar-refractivity contribution in [3.8, 4) is 22.6 Å². The smallest absolute Gasteiger partial charge is 0.341 e. The number of ether oxygens (including phenoxy) is 2. The summed E-state index contributed by atoms with van der Waals surface area (Å²) in [5, 5.41) is 8.84. The summed E-state index contributed by atoms with van der Waals surface area (Å²) in [5.74, 6) is -1.78. The molecule has 0 aliphatic rings. The first-order valence-electron chi connectivity index (χ1n) is 9.58. The minimum absolute atomic E-state index is 0.128. The summed E-state index contributed by atoms with van der Waals surface area (Å²) in [6, 6.07) is 12.9. The number of halogens is 3. The Kier molecular flexibility index (Phi) is 8.01. The van der Waals surface area contributed by atoms with Crippen LogP contribution in [0.5, 0.6) is 11.5 Å². The number of aliphatic carboxylic acids is 1. The largest absolute Gasteiger partial charge is 0.497 e. The van der Waals surface area contributed by atoms with E-state index in [1.807, 2.05) is 0 Å². The number of benzene rings is 3. The molecular formula is C23H20ClF2NO5S. The number of carboxylic acids is 1. The zero-order chi connectivity index (χ0) is 24.1. The van der Waals surface area contributed by atoms with Gasteiger partial charge in [0.15, 0.2) is 6.61 Å². The highest BCUT2D eigenvalue weighted by molar-refractivity contribution is 7.82. The lowest BCUT2D eigenvalue weighted by atomic mass is 10.0. The van der Waals surface area contributed by atoms with Gasteiger partial charge in [0.05, 0.1) is 17.0 Å². The van der Waals surface area contributed by atoms with Crippen molar-refractivity contribution in [2.75, 3.05) is 20.8 Å². The average Bonchev–Trinajstić information content (AvgIpc) is 2.78. The molecule has 0 aromatic heterocycles. The van der Waals surface area contributed by atoms with Crippen LogP contribution < -0.4 is 9.47 Å². The Bertz CT molecular complexity index is 1210. The number of hydrogen-bond acceptors (Lipinski definition) is 4. The molecular weight excluding hydrogens is 476 g/mol. The lowest BCUT2D eigenvalue weighted by Crippen LogP contribution is -2.21. The molecule has 6 nitrogen and oxygen atoms in total. The number of methoxy groups -OCH3 is 1. The van der Waals surface area contributed by atoms with Crippen molar-refractivity contribution >= 4 is 28.6 Å². The highest BCUT2D eigenvalue weighted by atomic mass is 35.5. The molecule has 0 radical (unpaired) electrons. The summed E-state index contributed by atoms with van der Waals surface area (Å²) >= 11 is 5.79. The van der Waals surface area contributed by atoms with Gasteiger partial charge in [0.1, 0.15) is 34.1 Å². The SMILES string of the molecule is COc1cc(F)cc(-c2cc(CN(C)S(=O)c3ccc(F)c(Cl)c3)ccc2OCC(=O)O)c1. The van der Waals surface area contributed by atoms with Gasteiger partial charge in [0, 0.05) is 25.2 Å². The molecule has 0 saturated carbocycles. The first-order valence-corrected chi connectivity index (χ1v) is 11.1. The molecule has 174 valence electrons. The summed E-state index contributed by atoms with van der Waals surface area (Å²) in [5.41, 5.74) is 1.55. The Morgan fingerprint density at radius 3 is 2.55 bits per heavy atom. The summed E-state index contributed by atoms with van der Waals surface area (Å²) in [6.45, 7) is -0.367. The molecule has 0 bridgehead atoms. The van der Waals surface area contributed by atoms with Crippen molar-refractivity contribution < 1.29 is 32.4 Å². The highest BCUT2D eigenvalue weighted by Crippen LogP contribution is 2.34. The van der Waals surface area contributed by atoms with E-state index in [9.17, 15) is 17.8 Å². The van der Waals surface area contributed by atoms with Crippen LogP contribution in [0.15, 0.2) is 59.5 Å². The van der Waals surface area contributed by atoms with Gasteiger partial charge in [-0.15, -0.1) is 0 Å². The third-order valence-electron chi connectivity index (χ3n) is 4.59. The predicted octanol–water partition coefficient (Wildman–Crippen LogP) is 4.91. The van der Waals surface area contributed by atoms with Crippen LogP contribution in [0.4, 0.5) is 8.78 Å². The molecule has 0 amide bonds. The van der Waals surface area contributed by atoms with Crippen LogP contribution in [0.3, 0.4) is 0 Å². The normalized spacial score (nSPS) is 11.9. The second-order valence-electron chi connectivity index (χ2n) is 7.00. The molecule has 0 heterocycles. The molecule has 0 aliphatic heterocycles. The zero-order valence-corrected chi connectivity index (χ0v) is 19.3. The van der Waals surface area contributed by atoms with Gasteiger partial charge in [0.2, 0.25) is 0 Å². The van der Waals surface area contributed by atoms with Crippen molar-refractivity contribution in [3.63, 3.8) is 0 Å². The van der Waals surface area contributed by atoms with Crippen LogP contribution in [0.25, 0.3) is 11.1 Å². The van der Waals surface area contributed by atoms with E-state index in [0.29, 0.717) is 21.6 Å². The quantitative estimate of drug-likeness (QED) is 0.456. The molecule has 3 rings (SSSR count). The van der Waals surface area contributed by atoms with E-state index in [2.05, 4.69) is 0 Å². The van der Waals surface area contributed by atoms with Gasteiger partial charge >= 0.3 is 5.97 Å². The first-order chi connectivity index (χ1) is 15.7. The minimum Gasteiger partial charge on any atom is -0.497 e. The van der Waals surface area contributed by atoms with E-state index < -0.39 is 35.2 Å². The van der Waals surface area contributed by atoms with E-state index >= 15 is 0 Å². The lowest BCUT2D eigenvalue weighted by molar-refractivity contribution is -0.139. The number of rotatable bonds is 9. The van der Waals surface area contributed by atoms with E-state index in [1.165, 1.54) is 35.7 Å². The molecule has 0 aliphatic carbocycles. The standard InChI is InChI=1S/C23H20ClF2NO5S/c1-27(33(30)18-4-5-21(26)20(24)11-18)12-14-3-6-22(32-13-23(28)29)19(7-14)15-8-16(25)10-17(9-15)31-2/h3-11H,12-13H2,1-2H3,(H,28,29). The topological polar surface area (TPSA) is 76.1 Å². The van der Waals surface area contributed by atoms with Crippen LogP contribution in [0.2, 0.25) is 5.02 Å². The second kappa shape index (κ2) is 10.7. The minimum atomic E-state index is -1.63. The van der Waals surface area contributed by atoms with Gasteiger partial charge in [-0.2, -0.15) is 0 Å². The Morgan fingerprint density at radius 1 is 1.12 bits per heavy atom. The number of carbonyl (C=O) groups is 1. The lowest BCUT2D eigenvalue weighted by Gasteiger charge is -2.18. The molecule has 0 saturated heterocycles. The van der Waals surface area contributed by atoms with Crippen LogP contribution in [-0.2, 0) is 22.3 Å². The Labute approximate surface area is 196 Å². The van der Waals surface area contributed by atoms with Crippen molar-refractivity contribution in [2.24, 2.45) is 0 Å². The number of carboxylic acid groups (broad SMARTS) is 1. The van der Waals surface area contributed by atoms with Gasteiger partial charge in [-0.05, 0) is 53.6 Å². The van der Waals surface area contributed by atoms with Gasteiger partial charge in [-0.1, -0.05) is 17.7 Å². The fourth-order valence-corrected chi connectivity index (χ4v) is 4.36. The Morgan fingerprint density at radius 2 is 1.88 bits per heavy atom. The Balaban J connectivity index is 1.93. The monoisotopic (exact) mass is 495 g/mol. The molecule has 0 spiro atoms. The van der Waals surface area contributed by atoms with Crippen LogP contribution in [0, 0.1) is 11.6 Å². The maximum atomic E-state index is 14.1. The molecule has 0 fully saturated rings. The molecule has 3 aromatic rings. The molecule has 1 N–H and O–H groups in total. The van der Waals surface area contributed by atoms with Crippen molar-refractivity contribution in [1.29, 1.82) is 0 Å². The van der Waals surface area contributed by atoms with E-state index in [0.717, 1.165) is 6.07 Å². The zero-order valence-electron chi connectivity index (χ0n) is 17.7. The van der Waals surface area contributed by atoms with Gasteiger partial charge < -0.3 is 14.6 Å². The molecule has 10 heteroatoms. The fourth-order valence-electron chi connectivity index (χ4n) is 3.08. The van der Waals surface area contributed by atoms with E-state index in [1.54, 1.807) is 31.3 Å². The van der Waals surface area contributed by atoms with Crippen LogP contribution in [-0.4, -0.2) is 40.4 Å². The Hall–Kier alpha value is -3.01. The van der Waals surface area contributed by atoms with Gasteiger partial charge in [-0.25, -0.2) is 22.1 Å². The van der Waals surface area contributed by atoms with Gasteiger partial charge in [0.25, 0.3) is 0 Å². The third-order valence-corrected chi connectivity index (χ3v) is 6.24. The fraction of sp³-hybridized carbons (Fsp3) is 0.174. The highest BCUT2D eigenvalue weighted by Gasteiger charge is 2.16. The summed E-state index contributed by atoms with van der Waals surface area (Å²) in [7, 11) is 1.39. The summed E-state index contributed by atoms with van der Waals surface area (Å²) in [6.07, 6.45) is 0. The van der Waals surface area contributed by atoms with Crippen LogP contribution >= 0.6 is 11.6 Å².